The van der Waals surface area contributed by atoms with Gasteiger partial charge >= 0.3 is 0 Å². The standard InChI is InChI=1S/C14H20N2O/c1-4-11-15-14(17)10-7-12-5-8-13(9-6-12)16(2)3/h5-10H,4,11H2,1-3H3,(H,15,17). The summed E-state index contributed by atoms with van der Waals surface area (Å²) >= 11 is 0. The summed E-state index contributed by atoms with van der Waals surface area (Å²) in [7, 11) is 4.01. The van der Waals surface area contributed by atoms with E-state index in [1.54, 1.807) is 6.08 Å². The van der Waals surface area contributed by atoms with Crippen LogP contribution in [0.25, 0.3) is 6.08 Å². The molecule has 17 heavy (non-hydrogen) atoms. The minimum Gasteiger partial charge on any atom is -0.378 e. The van der Waals surface area contributed by atoms with Crippen molar-refractivity contribution in [1.29, 1.82) is 0 Å². The van der Waals surface area contributed by atoms with Crippen molar-refractivity contribution in [3.8, 4) is 0 Å². The number of amides is 1. The van der Waals surface area contributed by atoms with Crippen LogP contribution in [0.3, 0.4) is 0 Å². The molecule has 3 heteroatoms. The Morgan fingerprint density at radius 1 is 1.29 bits per heavy atom. The van der Waals surface area contributed by atoms with Gasteiger partial charge in [0.15, 0.2) is 0 Å². The number of carbonyl (C=O) groups is 1. The summed E-state index contributed by atoms with van der Waals surface area (Å²) < 4.78 is 0. The summed E-state index contributed by atoms with van der Waals surface area (Å²) in [6.45, 7) is 2.76. The van der Waals surface area contributed by atoms with E-state index in [-0.39, 0.29) is 5.91 Å². The predicted molar refractivity (Wildman–Crippen MR) is 73.1 cm³/mol. The molecule has 0 radical (unpaired) electrons. The maximum absolute atomic E-state index is 11.3. The molecule has 0 aliphatic carbocycles. The van der Waals surface area contributed by atoms with Crippen LogP contribution in [-0.2, 0) is 4.79 Å². The van der Waals surface area contributed by atoms with Gasteiger partial charge in [-0.25, -0.2) is 0 Å². The molecule has 0 aliphatic heterocycles. The molecule has 1 aromatic carbocycles. The second-order valence-electron chi connectivity index (χ2n) is 4.11. The van der Waals surface area contributed by atoms with Gasteiger partial charge in [0.2, 0.25) is 5.91 Å². The Hall–Kier alpha value is -1.77. The summed E-state index contributed by atoms with van der Waals surface area (Å²) in [5, 5.41) is 2.80. The molecule has 0 aliphatic rings. The fourth-order valence-electron chi connectivity index (χ4n) is 1.36. The first-order valence-corrected chi connectivity index (χ1v) is 5.86. The van der Waals surface area contributed by atoms with Crippen molar-refractivity contribution in [3.63, 3.8) is 0 Å². The Morgan fingerprint density at radius 3 is 2.47 bits per heavy atom. The molecule has 1 rings (SSSR count). The van der Waals surface area contributed by atoms with Crippen LogP contribution in [-0.4, -0.2) is 26.5 Å². The molecule has 0 spiro atoms. The topological polar surface area (TPSA) is 32.3 Å². The van der Waals surface area contributed by atoms with E-state index >= 15 is 0 Å². The number of benzene rings is 1. The Morgan fingerprint density at radius 2 is 1.94 bits per heavy atom. The number of hydrogen-bond acceptors (Lipinski definition) is 2. The van der Waals surface area contributed by atoms with Crippen molar-refractivity contribution in [1.82, 2.24) is 5.32 Å². The average molecular weight is 232 g/mol. The van der Waals surface area contributed by atoms with E-state index < -0.39 is 0 Å². The second-order valence-corrected chi connectivity index (χ2v) is 4.11. The fraction of sp³-hybridized carbons (Fsp3) is 0.357. The third-order valence-corrected chi connectivity index (χ3v) is 2.39. The van der Waals surface area contributed by atoms with Crippen LogP contribution in [0.15, 0.2) is 30.3 Å². The van der Waals surface area contributed by atoms with Crippen LogP contribution in [0.1, 0.15) is 18.9 Å². The van der Waals surface area contributed by atoms with Crippen LogP contribution in [0.5, 0.6) is 0 Å². The molecule has 0 bridgehead atoms. The SMILES string of the molecule is CCCNC(=O)C=Cc1ccc(N(C)C)cc1. The number of carbonyl (C=O) groups excluding carboxylic acids is 1. The Kier molecular flexibility index (Phi) is 5.27. The minimum atomic E-state index is -0.0384. The number of rotatable bonds is 5. The van der Waals surface area contributed by atoms with Gasteiger partial charge in [0.1, 0.15) is 0 Å². The van der Waals surface area contributed by atoms with Crippen LogP contribution in [0, 0.1) is 0 Å². The van der Waals surface area contributed by atoms with E-state index in [2.05, 4.69) is 5.32 Å². The molecule has 0 saturated heterocycles. The molecule has 1 N–H and O–H groups in total. The molecule has 92 valence electrons. The van der Waals surface area contributed by atoms with Crippen LogP contribution in [0.4, 0.5) is 5.69 Å². The largest absolute Gasteiger partial charge is 0.378 e. The van der Waals surface area contributed by atoms with Gasteiger partial charge in [-0.15, -0.1) is 0 Å². The molecule has 0 unspecified atom stereocenters. The molecule has 0 atom stereocenters. The monoisotopic (exact) mass is 232 g/mol. The zero-order chi connectivity index (χ0) is 12.7. The smallest absolute Gasteiger partial charge is 0.243 e. The summed E-state index contributed by atoms with van der Waals surface area (Å²) in [4.78, 5) is 13.4. The van der Waals surface area contributed by atoms with Crippen molar-refractivity contribution in [2.24, 2.45) is 0 Å². The van der Waals surface area contributed by atoms with Crippen molar-refractivity contribution in [2.45, 2.75) is 13.3 Å². The van der Waals surface area contributed by atoms with E-state index in [4.69, 9.17) is 0 Å². The second kappa shape index (κ2) is 6.74. The lowest BCUT2D eigenvalue weighted by atomic mass is 10.2. The number of hydrogen-bond donors (Lipinski definition) is 1. The van der Waals surface area contributed by atoms with Gasteiger partial charge < -0.3 is 10.2 Å². The first kappa shape index (κ1) is 13.3. The average Bonchev–Trinajstić information content (AvgIpc) is 2.34. The van der Waals surface area contributed by atoms with Crippen LogP contribution >= 0.6 is 0 Å². The van der Waals surface area contributed by atoms with Gasteiger partial charge in [-0.2, -0.15) is 0 Å². The van der Waals surface area contributed by atoms with E-state index in [9.17, 15) is 4.79 Å². The van der Waals surface area contributed by atoms with Crippen LogP contribution < -0.4 is 10.2 Å². The molecule has 1 amide bonds. The fourth-order valence-corrected chi connectivity index (χ4v) is 1.36. The number of anilines is 1. The lowest BCUT2D eigenvalue weighted by Gasteiger charge is -2.11. The molecule has 0 saturated carbocycles. The number of nitrogens with zero attached hydrogens (tertiary/aromatic N) is 1. The van der Waals surface area contributed by atoms with Gasteiger partial charge in [-0.3, -0.25) is 4.79 Å². The highest BCUT2D eigenvalue weighted by Gasteiger charge is 1.95. The van der Waals surface area contributed by atoms with Crippen molar-refractivity contribution < 1.29 is 4.79 Å². The molecular formula is C14H20N2O. The van der Waals surface area contributed by atoms with Crippen molar-refractivity contribution >= 4 is 17.7 Å². The highest BCUT2D eigenvalue weighted by Crippen LogP contribution is 2.12. The summed E-state index contributed by atoms with van der Waals surface area (Å²) in [6, 6.07) is 8.06. The van der Waals surface area contributed by atoms with E-state index in [0.29, 0.717) is 0 Å². The summed E-state index contributed by atoms with van der Waals surface area (Å²) in [5.41, 5.74) is 2.18. The molecule has 1 aromatic rings. The molecular weight excluding hydrogens is 212 g/mol. The Labute approximate surface area is 103 Å². The molecule has 0 heterocycles. The Bertz CT molecular complexity index is 380. The van der Waals surface area contributed by atoms with Gasteiger partial charge in [-0.05, 0) is 30.2 Å². The Balaban J connectivity index is 2.56. The first-order valence-electron chi connectivity index (χ1n) is 5.86. The third-order valence-electron chi connectivity index (χ3n) is 2.39. The highest BCUT2D eigenvalue weighted by molar-refractivity contribution is 5.91. The summed E-state index contributed by atoms with van der Waals surface area (Å²) in [5.74, 6) is -0.0384. The molecule has 3 nitrogen and oxygen atoms in total. The van der Waals surface area contributed by atoms with Crippen LogP contribution in [0.2, 0.25) is 0 Å². The zero-order valence-corrected chi connectivity index (χ0v) is 10.7. The van der Waals surface area contributed by atoms with Crippen molar-refractivity contribution in [2.75, 3.05) is 25.5 Å². The van der Waals surface area contributed by atoms with Crippen molar-refractivity contribution in [3.05, 3.63) is 35.9 Å². The molecule has 0 aromatic heterocycles. The normalized spacial score (nSPS) is 10.5. The van der Waals surface area contributed by atoms with Gasteiger partial charge in [0.05, 0.1) is 0 Å². The zero-order valence-electron chi connectivity index (χ0n) is 10.7. The quantitative estimate of drug-likeness (QED) is 0.790. The third kappa shape index (κ3) is 4.72. The van der Waals surface area contributed by atoms with Gasteiger partial charge in [0, 0.05) is 32.4 Å². The highest BCUT2D eigenvalue weighted by atomic mass is 16.1. The number of nitrogens with one attached hydrogen (secondary N) is 1. The predicted octanol–water partition coefficient (Wildman–Crippen LogP) is 2.29. The summed E-state index contributed by atoms with van der Waals surface area (Å²) in [6.07, 6.45) is 4.35. The minimum absolute atomic E-state index is 0.0384. The maximum atomic E-state index is 11.3. The maximum Gasteiger partial charge on any atom is 0.243 e. The van der Waals surface area contributed by atoms with Gasteiger partial charge in [0.25, 0.3) is 0 Å². The van der Waals surface area contributed by atoms with E-state index in [1.165, 1.54) is 0 Å². The first-order chi connectivity index (χ1) is 8.13. The molecule has 0 fully saturated rings. The lowest BCUT2D eigenvalue weighted by molar-refractivity contribution is -0.116. The van der Waals surface area contributed by atoms with Gasteiger partial charge in [-0.1, -0.05) is 19.1 Å². The lowest BCUT2D eigenvalue weighted by Crippen LogP contribution is -2.21. The van der Waals surface area contributed by atoms with E-state index in [1.807, 2.05) is 56.3 Å². The van der Waals surface area contributed by atoms with E-state index in [0.717, 1.165) is 24.2 Å².